The maximum absolute atomic E-state index is 12.5. The molecule has 0 fully saturated rings. The van der Waals surface area contributed by atoms with Gasteiger partial charge in [-0.25, -0.2) is 0 Å². The van der Waals surface area contributed by atoms with Gasteiger partial charge in [-0.2, -0.15) is 11.8 Å². The summed E-state index contributed by atoms with van der Waals surface area (Å²) in [7, 11) is 0. The lowest BCUT2D eigenvalue weighted by molar-refractivity contribution is -0.122. The van der Waals surface area contributed by atoms with Crippen LogP contribution in [0.15, 0.2) is 35.9 Å². The van der Waals surface area contributed by atoms with Gasteiger partial charge in [0.05, 0.1) is 0 Å². The second-order valence-corrected chi connectivity index (χ2v) is 7.20. The third kappa shape index (κ3) is 6.55. The van der Waals surface area contributed by atoms with Crippen molar-refractivity contribution in [1.82, 2.24) is 16.0 Å². The van der Waals surface area contributed by atoms with E-state index in [0.29, 0.717) is 18.5 Å². The smallest absolute Gasteiger partial charge is 0.251 e. The zero-order valence-corrected chi connectivity index (χ0v) is 15.7. The van der Waals surface area contributed by atoms with Crippen LogP contribution in [0.25, 0.3) is 0 Å². The summed E-state index contributed by atoms with van der Waals surface area (Å²) in [6.45, 7) is 4.30. The number of carbonyl (C=O) groups excluding carboxylic acids is 2. The molecule has 0 aliphatic carbocycles. The summed E-state index contributed by atoms with van der Waals surface area (Å²) in [5.74, 6) is 0.499. The summed E-state index contributed by atoms with van der Waals surface area (Å²) in [5, 5.41) is 9.11. The molecule has 1 aromatic rings. The van der Waals surface area contributed by atoms with Crippen LogP contribution in [0.2, 0.25) is 0 Å². The Hall–Kier alpha value is -1.79. The van der Waals surface area contributed by atoms with Crippen molar-refractivity contribution in [1.29, 1.82) is 0 Å². The SMILES string of the molecule is CSCCC(NC(=O)c1cccc(C)c1)C(=O)NCC1=CCNCC1. The lowest BCUT2D eigenvalue weighted by atomic mass is 10.1. The van der Waals surface area contributed by atoms with Gasteiger partial charge in [0.25, 0.3) is 5.91 Å². The second kappa shape index (κ2) is 10.3. The number of hydrogen-bond donors (Lipinski definition) is 3. The molecule has 2 rings (SSSR count). The highest BCUT2D eigenvalue weighted by molar-refractivity contribution is 7.98. The van der Waals surface area contributed by atoms with E-state index in [4.69, 9.17) is 0 Å². The summed E-state index contributed by atoms with van der Waals surface area (Å²) in [4.78, 5) is 25.0. The molecule has 5 nitrogen and oxygen atoms in total. The Morgan fingerprint density at radius 1 is 1.36 bits per heavy atom. The summed E-state index contributed by atoms with van der Waals surface area (Å²) < 4.78 is 0. The molecule has 1 atom stereocenters. The Labute approximate surface area is 154 Å². The second-order valence-electron chi connectivity index (χ2n) is 6.21. The van der Waals surface area contributed by atoms with Crippen molar-refractivity contribution < 1.29 is 9.59 Å². The van der Waals surface area contributed by atoms with Crippen LogP contribution in [0.5, 0.6) is 0 Å². The molecule has 1 aliphatic rings. The first-order valence-electron chi connectivity index (χ1n) is 8.63. The van der Waals surface area contributed by atoms with E-state index in [9.17, 15) is 9.59 Å². The fraction of sp³-hybridized carbons (Fsp3) is 0.474. The van der Waals surface area contributed by atoms with E-state index in [1.807, 2.05) is 31.4 Å². The molecule has 1 heterocycles. The predicted octanol–water partition coefficient (Wildman–Crippen LogP) is 1.88. The monoisotopic (exact) mass is 361 g/mol. The maximum atomic E-state index is 12.5. The molecule has 0 aromatic heterocycles. The lowest BCUT2D eigenvalue weighted by Crippen LogP contribution is -2.47. The van der Waals surface area contributed by atoms with Gasteiger partial charge < -0.3 is 16.0 Å². The van der Waals surface area contributed by atoms with Crippen molar-refractivity contribution in [3.63, 3.8) is 0 Å². The first kappa shape index (κ1) is 19.5. The number of aryl methyl sites for hydroxylation is 1. The average molecular weight is 362 g/mol. The van der Waals surface area contributed by atoms with E-state index in [0.717, 1.165) is 30.8 Å². The molecule has 0 spiro atoms. The van der Waals surface area contributed by atoms with Gasteiger partial charge in [0.15, 0.2) is 0 Å². The Morgan fingerprint density at radius 3 is 2.88 bits per heavy atom. The van der Waals surface area contributed by atoms with Crippen LogP contribution < -0.4 is 16.0 Å². The molecule has 0 radical (unpaired) electrons. The number of carbonyl (C=O) groups is 2. The number of hydrogen-bond acceptors (Lipinski definition) is 4. The van der Waals surface area contributed by atoms with Gasteiger partial charge in [-0.1, -0.05) is 29.3 Å². The minimum atomic E-state index is -0.511. The number of rotatable bonds is 8. The van der Waals surface area contributed by atoms with Crippen LogP contribution in [0.1, 0.15) is 28.8 Å². The molecule has 1 unspecified atom stereocenters. The minimum absolute atomic E-state index is 0.116. The minimum Gasteiger partial charge on any atom is -0.351 e. The predicted molar refractivity (Wildman–Crippen MR) is 104 cm³/mol. The molecule has 1 aromatic carbocycles. The third-order valence-corrected chi connectivity index (χ3v) is 4.80. The van der Waals surface area contributed by atoms with E-state index in [1.54, 1.807) is 17.8 Å². The Kier molecular flexibility index (Phi) is 8.01. The zero-order chi connectivity index (χ0) is 18.1. The summed E-state index contributed by atoms with van der Waals surface area (Å²) in [6.07, 6.45) is 5.68. The normalized spacial score (nSPS) is 15.2. The highest BCUT2D eigenvalue weighted by atomic mass is 32.2. The molecule has 0 saturated carbocycles. The van der Waals surface area contributed by atoms with Crippen molar-refractivity contribution >= 4 is 23.6 Å². The fourth-order valence-electron chi connectivity index (χ4n) is 2.69. The zero-order valence-electron chi connectivity index (χ0n) is 14.9. The van der Waals surface area contributed by atoms with Gasteiger partial charge >= 0.3 is 0 Å². The molecule has 6 heteroatoms. The highest BCUT2D eigenvalue weighted by Crippen LogP contribution is 2.07. The molecular weight excluding hydrogens is 334 g/mol. The van der Waals surface area contributed by atoms with E-state index < -0.39 is 6.04 Å². The van der Waals surface area contributed by atoms with Crippen LogP contribution in [0.4, 0.5) is 0 Å². The van der Waals surface area contributed by atoms with Crippen LogP contribution >= 0.6 is 11.8 Å². The molecule has 0 bridgehead atoms. The standard InChI is InChI=1S/C19H27N3O2S/c1-14-4-3-5-16(12-14)18(23)22-17(8-11-25-2)19(24)21-13-15-6-9-20-10-7-15/h3-6,12,17,20H,7-11,13H2,1-2H3,(H,21,24)(H,22,23). The molecule has 3 N–H and O–H groups in total. The van der Waals surface area contributed by atoms with E-state index in [1.165, 1.54) is 5.57 Å². The average Bonchev–Trinajstić information content (AvgIpc) is 2.63. The lowest BCUT2D eigenvalue weighted by Gasteiger charge is -2.20. The first-order chi connectivity index (χ1) is 12.1. The summed E-state index contributed by atoms with van der Waals surface area (Å²) >= 11 is 1.67. The maximum Gasteiger partial charge on any atom is 0.251 e. The van der Waals surface area contributed by atoms with E-state index >= 15 is 0 Å². The van der Waals surface area contributed by atoms with Gasteiger partial charge in [0, 0.05) is 18.7 Å². The number of nitrogens with one attached hydrogen (secondary N) is 3. The van der Waals surface area contributed by atoms with Crippen molar-refractivity contribution in [3.8, 4) is 0 Å². The van der Waals surface area contributed by atoms with Crippen molar-refractivity contribution in [2.75, 3.05) is 31.6 Å². The van der Waals surface area contributed by atoms with Gasteiger partial charge in [-0.05, 0) is 50.5 Å². The largest absolute Gasteiger partial charge is 0.351 e. The van der Waals surface area contributed by atoms with Gasteiger partial charge in [0.2, 0.25) is 5.91 Å². The number of amides is 2. The number of benzene rings is 1. The third-order valence-electron chi connectivity index (χ3n) is 4.16. The molecule has 2 amide bonds. The molecule has 0 saturated heterocycles. The van der Waals surface area contributed by atoms with Crippen LogP contribution in [-0.2, 0) is 4.79 Å². The fourth-order valence-corrected chi connectivity index (χ4v) is 3.16. The highest BCUT2D eigenvalue weighted by Gasteiger charge is 2.21. The quantitative estimate of drug-likeness (QED) is 0.619. The number of thioether (sulfide) groups is 1. The molecule has 1 aliphatic heterocycles. The Morgan fingerprint density at radius 2 is 2.20 bits per heavy atom. The van der Waals surface area contributed by atoms with Crippen LogP contribution in [0, 0.1) is 6.92 Å². The molecule has 25 heavy (non-hydrogen) atoms. The Bertz CT molecular complexity index is 631. The van der Waals surface area contributed by atoms with Gasteiger partial charge in [-0.15, -0.1) is 0 Å². The van der Waals surface area contributed by atoms with Crippen LogP contribution in [0.3, 0.4) is 0 Å². The van der Waals surface area contributed by atoms with E-state index in [-0.39, 0.29) is 11.8 Å². The van der Waals surface area contributed by atoms with E-state index in [2.05, 4.69) is 22.0 Å². The van der Waals surface area contributed by atoms with Gasteiger partial charge in [-0.3, -0.25) is 9.59 Å². The Balaban J connectivity index is 1.95. The van der Waals surface area contributed by atoms with Gasteiger partial charge in [0.1, 0.15) is 6.04 Å². The topological polar surface area (TPSA) is 70.2 Å². The summed E-state index contributed by atoms with van der Waals surface area (Å²) in [6, 6.07) is 6.89. The first-order valence-corrected chi connectivity index (χ1v) is 10.0. The van der Waals surface area contributed by atoms with Crippen LogP contribution in [-0.4, -0.2) is 49.5 Å². The van der Waals surface area contributed by atoms with Crippen molar-refractivity contribution in [3.05, 3.63) is 47.0 Å². The van der Waals surface area contributed by atoms with Crippen molar-refractivity contribution in [2.45, 2.75) is 25.8 Å². The molecule has 136 valence electrons. The van der Waals surface area contributed by atoms with Crippen molar-refractivity contribution in [2.24, 2.45) is 0 Å². The molecular formula is C19H27N3O2S. The summed E-state index contributed by atoms with van der Waals surface area (Å²) in [5.41, 5.74) is 2.85.